The zero-order valence-electron chi connectivity index (χ0n) is 16.8. The molecule has 0 unspecified atom stereocenters. The highest BCUT2D eigenvalue weighted by molar-refractivity contribution is 6.07. The number of hydrogen-bond acceptors (Lipinski definition) is 5. The van der Waals surface area contributed by atoms with Crippen molar-refractivity contribution in [1.82, 2.24) is 4.98 Å². The Labute approximate surface area is 171 Å². The molecule has 1 aromatic heterocycles. The quantitative estimate of drug-likeness (QED) is 0.489. The maximum absolute atomic E-state index is 12.7. The summed E-state index contributed by atoms with van der Waals surface area (Å²) in [6, 6.07) is 17.8. The first kappa shape index (κ1) is 19.2. The Hall–Kier alpha value is -3.18. The zero-order valence-corrected chi connectivity index (χ0v) is 16.8. The van der Waals surface area contributed by atoms with E-state index >= 15 is 0 Å². The number of allylic oxidation sites excluding steroid dienone is 1. The van der Waals surface area contributed by atoms with Crippen LogP contribution in [0.3, 0.4) is 0 Å². The van der Waals surface area contributed by atoms with Crippen LogP contribution in [-0.2, 0) is 4.74 Å². The predicted molar refractivity (Wildman–Crippen MR) is 119 cm³/mol. The molecule has 0 aliphatic carbocycles. The molecule has 2 heterocycles. The number of rotatable bonds is 5. The van der Waals surface area contributed by atoms with E-state index < -0.39 is 0 Å². The molecule has 0 radical (unpaired) electrons. The summed E-state index contributed by atoms with van der Waals surface area (Å²) in [5, 5.41) is 1.06. The lowest BCUT2D eigenvalue weighted by Crippen LogP contribution is -2.37. The number of morpholine rings is 1. The zero-order chi connectivity index (χ0) is 20.2. The molecule has 0 atom stereocenters. The molecule has 1 aliphatic heterocycles. The van der Waals surface area contributed by atoms with Crippen LogP contribution in [-0.4, -0.2) is 51.2 Å². The van der Waals surface area contributed by atoms with E-state index in [9.17, 15) is 4.79 Å². The van der Waals surface area contributed by atoms with Gasteiger partial charge in [0.15, 0.2) is 5.78 Å². The van der Waals surface area contributed by atoms with Crippen LogP contribution in [0, 0.1) is 0 Å². The molecule has 29 heavy (non-hydrogen) atoms. The van der Waals surface area contributed by atoms with E-state index in [2.05, 4.69) is 11.0 Å². The number of ether oxygens (including phenoxy) is 1. The van der Waals surface area contributed by atoms with Gasteiger partial charge in [0.05, 0.1) is 18.7 Å². The minimum Gasteiger partial charge on any atom is -0.378 e. The van der Waals surface area contributed by atoms with Gasteiger partial charge in [-0.1, -0.05) is 18.2 Å². The number of hydrogen-bond donors (Lipinski definition) is 0. The van der Waals surface area contributed by atoms with Crippen molar-refractivity contribution in [2.45, 2.75) is 0 Å². The third-order valence-corrected chi connectivity index (χ3v) is 5.13. The number of carbonyl (C=O) groups is 1. The van der Waals surface area contributed by atoms with E-state index in [1.165, 1.54) is 0 Å². The molecular formula is C24H25N3O2. The average Bonchev–Trinajstić information content (AvgIpc) is 2.77. The van der Waals surface area contributed by atoms with Crippen LogP contribution in [0.25, 0.3) is 17.0 Å². The standard InChI is InChI=1S/C24H25N3O2/c1-26(2)21-10-7-18(8-11-21)23(28)12-9-20-17-19-5-3-4-6-22(19)25-24(20)27-13-15-29-16-14-27/h3-12,17H,13-16H2,1-2H3/b12-9+. The van der Waals surface area contributed by atoms with Crippen LogP contribution in [0.5, 0.6) is 0 Å². The molecule has 0 amide bonds. The van der Waals surface area contributed by atoms with Gasteiger partial charge >= 0.3 is 0 Å². The minimum atomic E-state index is -0.0172. The summed E-state index contributed by atoms with van der Waals surface area (Å²) in [6.45, 7) is 2.97. The normalized spacial score (nSPS) is 14.5. The molecule has 148 valence electrons. The second-order valence-electron chi connectivity index (χ2n) is 7.33. The fourth-order valence-corrected chi connectivity index (χ4v) is 3.46. The third-order valence-electron chi connectivity index (χ3n) is 5.13. The van der Waals surface area contributed by atoms with Gasteiger partial charge in [-0.05, 0) is 48.6 Å². The molecule has 0 bridgehead atoms. The Morgan fingerprint density at radius 2 is 1.79 bits per heavy atom. The van der Waals surface area contributed by atoms with Gasteiger partial charge in [-0.2, -0.15) is 0 Å². The first-order valence-corrected chi connectivity index (χ1v) is 9.84. The molecule has 2 aromatic carbocycles. The van der Waals surface area contributed by atoms with Crippen molar-refractivity contribution >= 4 is 34.3 Å². The summed E-state index contributed by atoms with van der Waals surface area (Å²) in [6.07, 6.45) is 3.52. The topological polar surface area (TPSA) is 45.7 Å². The molecule has 1 fully saturated rings. The van der Waals surface area contributed by atoms with Gasteiger partial charge in [0.2, 0.25) is 0 Å². The Morgan fingerprint density at radius 1 is 1.07 bits per heavy atom. The maximum Gasteiger partial charge on any atom is 0.185 e. The van der Waals surface area contributed by atoms with Gasteiger partial charge in [0.25, 0.3) is 0 Å². The lowest BCUT2D eigenvalue weighted by molar-refractivity contribution is 0.104. The van der Waals surface area contributed by atoms with Gasteiger partial charge in [0, 0.05) is 49.4 Å². The summed E-state index contributed by atoms with van der Waals surface area (Å²) in [5.74, 6) is 0.885. The minimum absolute atomic E-state index is 0.0172. The van der Waals surface area contributed by atoms with E-state index in [4.69, 9.17) is 9.72 Å². The smallest absolute Gasteiger partial charge is 0.185 e. The van der Waals surface area contributed by atoms with E-state index in [0.717, 1.165) is 41.1 Å². The number of nitrogens with zero attached hydrogens (tertiary/aromatic N) is 3. The van der Waals surface area contributed by atoms with Crippen LogP contribution >= 0.6 is 0 Å². The highest BCUT2D eigenvalue weighted by Crippen LogP contribution is 2.26. The summed E-state index contributed by atoms with van der Waals surface area (Å²) in [5.41, 5.74) is 3.65. The summed E-state index contributed by atoms with van der Waals surface area (Å²) >= 11 is 0. The number of para-hydroxylation sites is 1. The van der Waals surface area contributed by atoms with E-state index in [-0.39, 0.29) is 5.78 Å². The fraction of sp³-hybridized carbons (Fsp3) is 0.250. The number of benzene rings is 2. The fourth-order valence-electron chi connectivity index (χ4n) is 3.46. The van der Waals surface area contributed by atoms with Crippen molar-refractivity contribution in [2.75, 3.05) is 50.2 Å². The first-order valence-electron chi connectivity index (χ1n) is 9.84. The Balaban J connectivity index is 1.65. The van der Waals surface area contributed by atoms with Crippen molar-refractivity contribution in [3.63, 3.8) is 0 Å². The van der Waals surface area contributed by atoms with E-state index in [1.54, 1.807) is 6.08 Å². The lowest BCUT2D eigenvalue weighted by atomic mass is 10.1. The SMILES string of the molecule is CN(C)c1ccc(C(=O)/C=C/c2cc3ccccc3nc2N2CCOCC2)cc1. The van der Waals surface area contributed by atoms with Crippen LogP contribution in [0.2, 0.25) is 0 Å². The lowest BCUT2D eigenvalue weighted by Gasteiger charge is -2.29. The molecule has 0 N–H and O–H groups in total. The van der Waals surface area contributed by atoms with Crippen LogP contribution in [0.15, 0.2) is 60.7 Å². The number of fused-ring (bicyclic) bond motifs is 1. The van der Waals surface area contributed by atoms with Gasteiger partial charge < -0.3 is 14.5 Å². The molecule has 5 nitrogen and oxygen atoms in total. The van der Waals surface area contributed by atoms with E-state index in [1.807, 2.05) is 73.6 Å². The first-order chi connectivity index (χ1) is 14.1. The number of ketones is 1. The van der Waals surface area contributed by atoms with Crippen molar-refractivity contribution in [3.8, 4) is 0 Å². The van der Waals surface area contributed by atoms with E-state index in [0.29, 0.717) is 18.8 Å². The molecule has 0 spiro atoms. The van der Waals surface area contributed by atoms with Gasteiger partial charge in [-0.15, -0.1) is 0 Å². The van der Waals surface area contributed by atoms with Gasteiger partial charge in [-0.3, -0.25) is 4.79 Å². The second kappa shape index (κ2) is 8.45. The van der Waals surface area contributed by atoms with Gasteiger partial charge in [0.1, 0.15) is 5.82 Å². The average molecular weight is 387 g/mol. The summed E-state index contributed by atoms with van der Waals surface area (Å²) in [7, 11) is 3.97. The van der Waals surface area contributed by atoms with Crippen LogP contribution in [0.4, 0.5) is 11.5 Å². The Bertz CT molecular complexity index is 1040. The monoisotopic (exact) mass is 387 g/mol. The Kier molecular flexibility index (Phi) is 5.58. The molecule has 3 aromatic rings. The molecular weight excluding hydrogens is 362 g/mol. The second-order valence-corrected chi connectivity index (χ2v) is 7.33. The van der Waals surface area contributed by atoms with Crippen molar-refractivity contribution < 1.29 is 9.53 Å². The largest absolute Gasteiger partial charge is 0.378 e. The van der Waals surface area contributed by atoms with Crippen LogP contribution in [0.1, 0.15) is 15.9 Å². The third kappa shape index (κ3) is 4.30. The summed E-state index contributed by atoms with van der Waals surface area (Å²) < 4.78 is 5.49. The van der Waals surface area contributed by atoms with Crippen molar-refractivity contribution in [2.24, 2.45) is 0 Å². The number of anilines is 2. The molecule has 0 saturated carbocycles. The number of pyridine rings is 1. The molecule has 5 heteroatoms. The summed E-state index contributed by atoms with van der Waals surface area (Å²) in [4.78, 5) is 21.8. The Morgan fingerprint density at radius 3 is 2.52 bits per heavy atom. The van der Waals surface area contributed by atoms with Crippen molar-refractivity contribution in [1.29, 1.82) is 0 Å². The molecule has 4 rings (SSSR count). The molecule has 1 aliphatic rings. The highest BCUT2D eigenvalue weighted by Gasteiger charge is 2.16. The highest BCUT2D eigenvalue weighted by atomic mass is 16.5. The van der Waals surface area contributed by atoms with Crippen LogP contribution < -0.4 is 9.80 Å². The van der Waals surface area contributed by atoms with Gasteiger partial charge in [-0.25, -0.2) is 4.98 Å². The predicted octanol–water partition coefficient (Wildman–Crippen LogP) is 4.03. The van der Waals surface area contributed by atoms with Crippen molar-refractivity contribution in [3.05, 3.63) is 71.8 Å². The number of aromatic nitrogens is 1. The maximum atomic E-state index is 12.7. The number of carbonyl (C=O) groups excluding carboxylic acids is 1. The molecule has 1 saturated heterocycles.